The van der Waals surface area contributed by atoms with Crippen molar-refractivity contribution in [1.82, 2.24) is 15.2 Å². The minimum Gasteiger partial charge on any atom is -0.351 e. The number of carbonyl (C=O) groups excluding carboxylic acids is 1. The molecule has 4 heteroatoms. The maximum absolute atomic E-state index is 12.2. The van der Waals surface area contributed by atoms with Crippen molar-refractivity contribution in [2.45, 2.75) is 19.9 Å². The first-order valence-corrected chi connectivity index (χ1v) is 7.49. The first kappa shape index (κ1) is 15.3. The Morgan fingerprint density at radius 1 is 1.10 bits per heavy atom. The maximum atomic E-state index is 12.2. The van der Waals surface area contributed by atoms with Crippen LogP contribution < -0.4 is 10.6 Å². The zero-order valence-electron chi connectivity index (χ0n) is 12.5. The largest absolute Gasteiger partial charge is 0.351 e. The quantitative estimate of drug-likeness (QED) is 0.731. The molecule has 0 radical (unpaired) electrons. The van der Waals surface area contributed by atoms with Crippen LogP contribution in [-0.4, -0.2) is 30.1 Å². The standard InChI is InChI=1S/C17H23N3O/c1-2-18-11-7-12-19-17(21)16-10-6-13-20(16)14-15-8-4-3-5-9-15/h3-6,8-10,13,18H,2,7,11-12,14H2,1H3,(H,19,21). The zero-order valence-corrected chi connectivity index (χ0v) is 12.5. The van der Waals surface area contributed by atoms with Gasteiger partial charge in [-0.05, 0) is 37.2 Å². The molecule has 0 saturated heterocycles. The Morgan fingerprint density at radius 3 is 2.67 bits per heavy atom. The van der Waals surface area contributed by atoms with Gasteiger partial charge >= 0.3 is 0 Å². The van der Waals surface area contributed by atoms with Crippen molar-refractivity contribution in [3.8, 4) is 0 Å². The molecule has 0 bridgehead atoms. The van der Waals surface area contributed by atoms with Gasteiger partial charge in [0, 0.05) is 19.3 Å². The van der Waals surface area contributed by atoms with Gasteiger partial charge < -0.3 is 15.2 Å². The lowest BCUT2D eigenvalue weighted by atomic mass is 10.2. The number of aromatic nitrogens is 1. The van der Waals surface area contributed by atoms with Gasteiger partial charge in [0.1, 0.15) is 5.69 Å². The number of hydrogen-bond acceptors (Lipinski definition) is 2. The van der Waals surface area contributed by atoms with Crippen molar-refractivity contribution in [2.75, 3.05) is 19.6 Å². The molecule has 1 aromatic carbocycles. The molecule has 2 N–H and O–H groups in total. The number of amides is 1. The van der Waals surface area contributed by atoms with Crippen LogP contribution in [0.3, 0.4) is 0 Å². The molecule has 1 amide bonds. The highest BCUT2D eigenvalue weighted by atomic mass is 16.1. The monoisotopic (exact) mass is 285 g/mol. The van der Waals surface area contributed by atoms with E-state index in [1.54, 1.807) is 0 Å². The highest BCUT2D eigenvalue weighted by molar-refractivity contribution is 5.92. The van der Waals surface area contributed by atoms with Gasteiger partial charge in [-0.2, -0.15) is 0 Å². The van der Waals surface area contributed by atoms with Crippen LogP contribution in [0.25, 0.3) is 0 Å². The molecule has 112 valence electrons. The van der Waals surface area contributed by atoms with E-state index in [0.29, 0.717) is 18.8 Å². The summed E-state index contributed by atoms with van der Waals surface area (Å²) in [7, 11) is 0. The molecular formula is C17H23N3O. The lowest BCUT2D eigenvalue weighted by Gasteiger charge is -2.10. The lowest BCUT2D eigenvalue weighted by Crippen LogP contribution is -2.29. The number of carbonyl (C=O) groups is 1. The molecular weight excluding hydrogens is 262 g/mol. The van der Waals surface area contributed by atoms with Gasteiger partial charge in [0.25, 0.3) is 5.91 Å². The molecule has 1 heterocycles. The van der Waals surface area contributed by atoms with Crippen LogP contribution in [0.1, 0.15) is 29.4 Å². The third kappa shape index (κ3) is 4.76. The first-order valence-electron chi connectivity index (χ1n) is 7.49. The molecule has 21 heavy (non-hydrogen) atoms. The van der Waals surface area contributed by atoms with E-state index in [9.17, 15) is 4.79 Å². The van der Waals surface area contributed by atoms with Crippen molar-refractivity contribution in [3.63, 3.8) is 0 Å². The van der Waals surface area contributed by atoms with Crippen molar-refractivity contribution in [3.05, 3.63) is 59.9 Å². The molecule has 4 nitrogen and oxygen atoms in total. The van der Waals surface area contributed by atoms with Crippen LogP contribution >= 0.6 is 0 Å². The summed E-state index contributed by atoms with van der Waals surface area (Å²) in [6.45, 7) is 5.39. The van der Waals surface area contributed by atoms with Crippen LogP contribution in [0.2, 0.25) is 0 Å². The molecule has 1 aromatic heterocycles. The van der Waals surface area contributed by atoms with Gasteiger partial charge in [0.15, 0.2) is 0 Å². The Kier molecular flexibility index (Phi) is 6.03. The Hall–Kier alpha value is -2.07. The molecule has 0 spiro atoms. The fourth-order valence-electron chi connectivity index (χ4n) is 2.22. The molecule has 0 aliphatic heterocycles. The highest BCUT2D eigenvalue weighted by Gasteiger charge is 2.10. The summed E-state index contributed by atoms with van der Waals surface area (Å²) in [4.78, 5) is 12.2. The summed E-state index contributed by atoms with van der Waals surface area (Å²) in [6, 6.07) is 13.9. The van der Waals surface area contributed by atoms with Gasteiger partial charge in [0.2, 0.25) is 0 Å². The first-order chi connectivity index (χ1) is 10.3. The fourth-order valence-corrected chi connectivity index (χ4v) is 2.22. The second kappa shape index (κ2) is 8.27. The molecule has 0 unspecified atom stereocenters. The Bertz CT molecular complexity index is 548. The SMILES string of the molecule is CCNCCCNC(=O)c1cccn1Cc1ccccc1. The summed E-state index contributed by atoms with van der Waals surface area (Å²) in [6.07, 6.45) is 2.89. The van der Waals surface area contributed by atoms with Gasteiger partial charge in [0.05, 0.1) is 0 Å². The zero-order chi connectivity index (χ0) is 14.9. The minimum absolute atomic E-state index is 0.00701. The van der Waals surface area contributed by atoms with Crippen molar-refractivity contribution >= 4 is 5.91 Å². The smallest absolute Gasteiger partial charge is 0.267 e. The molecule has 0 fully saturated rings. The third-order valence-electron chi connectivity index (χ3n) is 3.32. The number of nitrogens with one attached hydrogen (secondary N) is 2. The van der Waals surface area contributed by atoms with E-state index in [0.717, 1.165) is 19.5 Å². The summed E-state index contributed by atoms with van der Waals surface area (Å²) < 4.78 is 1.98. The second-order valence-electron chi connectivity index (χ2n) is 4.97. The van der Waals surface area contributed by atoms with E-state index < -0.39 is 0 Å². The summed E-state index contributed by atoms with van der Waals surface area (Å²) in [5, 5.41) is 6.21. The van der Waals surface area contributed by atoms with Gasteiger partial charge in [-0.1, -0.05) is 37.3 Å². The highest BCUT2D eigenvalue weighted by Crippen LogP contribution is 2.07. The Balaban J connectivity index is 1.89. The molecule has 0 saturated carbocycles. The van der Waals surface area contributed by atoms with Crippen LogP contribution in [0.15, 0.2) is 48.7 Å². The Morgan fingerprint density at radius 2 is 1.90 bits per heavy atom. The summed E-state index contributed by atoms with van der Waals surface area (Å²) >= 11 is 0. The fraction of sp³-hybridized carbons (Fsp3) is 0.353. The normalized spacial score (nSPS) is 10.5. The van der Waals surface area contributed by atoms with Crippen LogP contribution in [0, 0.1) is 0 Å². The van der Waals surface area contributed by atoms with Crippen LogP contribution in [0.4, 0.5) is 0 Å². The summed E-state index contributed by atoms with van der Waals surface area (Å²) in [5.74, 6) is -0.00701. The number of hydrogen-bond donors (Lipinski definition) is 2. The predicted molar refractivity (Wildman–Crippen MR) is 85.5 cm³/mol. The average molecular weight is 285 g/mol. The molecule has 2 rings (SSSR count). The predicted octanol–water partition coefficient (Wildman–Crippen LogP) is 2.27. The topological polar surface area (TPSA) is 46.1 Å². The lowest BCUT2D eigenvalue weighted by molar-refractivity contribution is 0.0944. The van der Waals surface area contributed by atoms with Crippen molar-refractivity contribution in [2.24, 2.45) is 0 Å². The van der Waals surface area contributed by atoms with E-state index in [4.69, 9.17) is 0 Å². The van der Waals surface area contributed by atoms with Gasteiger partial charge in [-0.3, -0.25) is 4.79 Å². The molecule has 0 aliphatic carbocycles. The van der Waals surface area contributed by atoms with E-state index in [1.165, 1.54) is 5.56 Å². The average Bonchev–Trinajstić information content (AvgIpc) is 2.96. The molecule has 0 aliphatic rings. The Labute approximate surface area is 126 Å². The van der Waals surface area contributed by atoms with Crippen LogP contribution in [-0.2, 0) is 6.54 Å². The van der Waals surface area contributed by atoms with E-state index >= 15 is 0 Å². The van der Waals surface area contributed by atoms with Crippen LogP contribution in [0.5, 0.6) is 0 Å². The number of rotatable bonds is 8. The third-order valence-corrected chi connectivity index (χ3v) is 3.32. The van der Waals surface area contributed by atoms with E-state index in [2.05, 4.69) is 29.7 Å². The molecule has 0 atom stereocenters. The second-order valence-corrected chi connectivity index (χ2v) is 4.97. The van der Waals surface area contributed by atoms with E-state index in [1.807, 2.05) is 41.1 Å². The summed E-state index contributed by atoms with van der Waals surface area (Å²) in [5.41, 5.74) is 1.90. The van der Waals surface area contributed by atoms with Crippen molar-refractivity contribution < 1.29 is 4.79 Å². The number of benzene rings is 1. The van der Waals surface area contributed by atoms with E-state index in [-0.39, 0.29) is 5.91 Å². The van der Waals surface area contributed by atoms with Gasteiger partial charge in [-0.25, -0.2) is 0 Å². The maximum Gasteiger partial charge on any atom is 0.267 e. The van der Waals surface area contributed by atoms with Gasteiger partial charge in [-0.15, -0.1) is 0 Å². The van der Waals surface area contributed by atoms with Crippen molar-refractivity contribution in [1.29, 1.82) is 0 Å². The minimum atomic E-state index is -0.00701. The molecule has 2 aromatic rings. The number of nitrogens with zero attached hydrogens (tertiary/aromatic N) is 1.